The standard InChI is InChI=1S/C21H20ClN3O3/c1-2-19-24-17-12-16(22)14(11-18(26)20(23)27)10-15(17)21(28)25(19)9-8-13-6-4-3-5-7-13/h3-7,10-12,26H,2,8-9H2,1H3,(H2,23,27). The number of benzene rings is 2. The highest BCUT2D eigenvalue weighted by Crippen LogP contribution is 2.23. The molecule has 2 aromatic carbocycles. The molecule has 0 unspecified atom stereocenters. The van der Waals surface area contributed by atoms with Crippen molar-refractivity contribution in [2.24, 2.45) is 5.73 Å². The lowest BCUT2D eigenvalue weighted by atomic mass is 10.1. The summed E-state index contributed by atoms with van der Waals surface area (Å²) in [6.07, 6.45) is 2.44. The zero-order chi connectivity index (χ0) is 20.3. The van der Waals surface area contributed by atoms with Gasteiger partial charge in [0.25, 0.3) is 11.5 Å². The second kappa shape index (κ2) is 8.27. The van der Waals surface area contributed by atoms with Crippen LogP contribution in [0.4, 0.5) is 0 Å². The summed E-state index contributed by atoms with van der Waals surface area (Å²) in [5, 5.41) is 10.2. The van der Waals surface area contributed by atoms with Crippen LogP contribution >= 0.6 is 11.6 Å². The number of primary amides is 1. The first-order valence-electron chi connectivity index (χ1n) is 8.88. The minimum Gasteiger partial charge on any atom is -0.503 e. The molecule has 3 rings (SSSR count). The van der Waals surface area contributed by atoms with E-state index in [1.807, 2.05) is 37.3 Å². The molecule has 28 heavy (non-hydrogen) atoms. The van der Waals surface area contributed by atoms with Gasteiger partial charge in [-0.05, 0) is 35.8 Å². The molecular formula is C21H20ClN3O3. The van der Waals surface area contributed by atoms with Gasteiger partial charge in [-0.2, -0.15) is 0 Å². The van der Waals surface area contributed by atoms with Crippen molar-refractivity contribution in [1.82, 2.24) is 9.55 Å². The van der Waals surface area contributed by atoms with Gasteiger partial charge in [0.2, 0.25) is 0 Å². The second-order valence-electron chi connectivity index (χ2n) is 6.36. The molecule has 1 heterocycles. The largest absolute Gasteiger partial charge is 0.503 e. The lowest BCUT2D eigenvalue weighted by molar-refractivity contribution is -0.116. The van der Waals surface area contributed by atoms with Gasteiger partial charge in [0.05, 0.1) is 15.9 Å². The zero-order valence-electron chi connectivity index (χ0n) is 15.4. The summed E-state index contributed by atoms with van der Waals surface area (Å²) < 4.78 is 1.66. The monoisotopic (exact) mass is 397 g/mol. The third-order valence-corrected chi connectivity index (χ3v) is 4.81. The molecule has 0 aliphatic heterocycles. The summed E-state index contributed by atoms with van der Waals surface area (Å²) in [4.78, 5) is 28.8. The Kier molecular flexibility index (Phi) is 5.80. The Morgan fingerprint density at radius 2 is 2.00 bits per heavy atom. The van der Waals surface area contributed by atoms with Crippen molar-refractivity contribution in [2.45, 2.75) is 26.3 Å². The molecule has 0 fully saturated rings. The number of amides is 1. The van der Waals surface area contributed by atoms with Crippen LogP contribution in [0, 0.1) is 0 Å². The topological polar surface area (TPSA) is 98.2 Å². The molecule has 7 heteroatoms. The molecule has 0 atom stereocenters. The smallest absolute Gasteiger partial charge is 0.283 e. The van der Waals surface area contributed by atoms with Crippen LogP contribution in [0.15, 0.2) is 53.0 Å². The zero-order valence-corrected chi connectivity index (χ0v) is 16.1. The number of hydrogen-bond donors (Lipinski definition) is 2. The summed E-state index contributed by atoms with van der Waals surface area (Å²) >= 11 is 6.22. The predicted molar refractivity (Wildman–Crippen MR) is 110 cm³/mol. The van der Waals surface area contributed by atoms with E-state index < -0.39 is 11.7 Å². The third-order valence-electron chi connectivity index (χ3n) is 4.48. The van der Waals surface area contributed by atoms with Crippen molar-refractivity contribution >= 4 is 34.5 Å². The van der Waals surface area contributed by atoms with Crippen LogP contribution in [0.5, 0.6) is 0 Å². The van der Waals surface area contributed by atoms with Gasteiger partial charge < -0.3 is 10.8 Å². The summed E-state index contributed by atoms with van der Waals surface area (Å²) in [5.74, 6) is -0.938. The van der Waals surface area contributed by atoms with Gasteiger partial charge >= 0.3 is 0 Å². The Bertz CT molecular complexity index is 1120. The number of carbonyl (C=O) groups is 1. The van der Waals surface area contributed by atoms with Crippen LogP contribution in [0.3, 0.4) is 0 Å². The second-order valence-corrected chi connectivity index (χ2v) is 6.77. The van der Waals surface area contributed by atoms with Gasteiger partial charge in [0.1, 0.15) is 5.82 Å². The van der Waals surface area contributed by atoms with Crippen molar-refractivity contribution in [1.29, 1.82) is 0 Å². The van der Waals surface area contributed by atoms with Crippen LogP contribution in [-0.4, -0.2) is 20.6 Å². The number of aliphatic hydroxyl groups excluding tert-OH is 1. The van der Waals surface area contributed by atoms with Crippen molar-refractivity contribution in [3.63, 3.8) is 0 Å². The first kappa shape index (κ1) is 19.6. The number of hydrogen-bond acceptors (Lipinski definition) is 4. The number of carbonyl (C=O) groups excluding carboxylic acids is 1. The predicted octanol–water partition coefficient (Wildman–Crippen LogP) is 3.24. The molecule has 0 aliphatic rings. The quantitative estimate of drug-likeness (QED) is 0.492. The molecule has 3 aromatic rings. The van der Waals surface area contributed by atoms with Crippen LogP contribution in [0.25, 0.3) is 17.0 Å². The lowest BCUT2D eigenvalue weighted by Gasteiger charge is -2.13. The maximum absolute atomic E-state index is 13.1. The minimum atomic E-state index is -0.976. The molecule has 0 saturated carbocycles. The highest BCUT2D eigenvalue weighted by Gasteiger charge is 2.13. The van der Waals surface area contributed by atoms with Gasteiger partial charge in [0, 0.05) is 13.0 Å². The number of rotatable bonds is 6. The molecule has 6 nitrogen and oxygen atoms in total. The molecule has 0 spiro atoms. The molecule has 144 valence electrons. The van der Waals surface area contributed by atoms with Crippen molar-refractivity contribution < 1.29 is 9.90 Å². The Balaban J connectivity index is 2.09. The molecule has 1 amide bonds. The Labute approximate surface area is 166 Å². The van der Waals surface area contributed by atoms with E-state index in [0.717, 1.165) is 11.6 Å². The Hall–Kier alpha value is -3.12. The molecule has 0 aliphatic carbocycles. The van der Waals surface area contributed by atoms with E-state index in [9.17, 15) is 14.7 Å². The van der Waals surface area contributed by atoms with Gasteiger partial charge in [-0.25, -0.2) is 4.98 Å². The van der Waals surface area contributed by atoms with E-state index in [4.69, 9.17) is 17.3 Å². The fourth-order valence-electron chi connectivity index (χ4n) is 3.02. The summed E-state index contributed by atoms with van der Waals surface area (Å²) in [6.45, 7) is 2.44. The molecule has 0 radical (unpaired) electrons. The summed E-state index contributed by atoms with van der Waals surface area (Å²) in [7, 11) is 0. The lowest BCUT2D eigenvalue weighted by Crippen LogP contribution is -2.26. The first-order valence-corrected chi connectivity index (χ1v) is 9.26. The maximum atomic E-state index is 13.1. The first-order chi connectivity index (χ1) is 13.4. The normalized spacial score (nSPS) is 11.7. The van der Waals surface area contributed by atoms with Crippen LogP contribution in [-0.2, 0) is 24.2 Å². The van der Waals surface area contributed by atoms with Gasteiger partial charge in [-0.1, -0.05) is 48.9 Å². The molecule has 0 saturated heterocycles. The molecule has 3 N–H and O–H groups in total. The minimum absolute atomic E-state index is 0.192. The molecule has 0 bridgehead atoms. The summed E-state index contributed by atoms with van der Waals surface area (Å²) in [6, 6.07) is 13.0. The number of halogens is 1. The number of nitrogens with zero attached hydrogens (tertiary/aromatic N) is 2. The highest BCUT2D eigenvalue weighted by molar-refractivity contribution is 6.33. The Morgan fingerprint density at radius 3 is 2.64 bits per heavy atom. The number of nitrogens with two attached hydrogens (primary N) is 1. The average Bonchev–Trinajstić information content (AvgIpc) is 2.68. The Morgan fingerprint density at radius 1 is 1.29 bits per heavy atom. The fraction of sp³-hybridized carbons (Fsp3) is 0.190. The van der Waals surface area contributed by atoms with E-state index in [1.165, 1.54) is 6.07 Å². The van der Waals surface area contributed by atoms with E-state index >= 15 is 0 Å². The van der Waals surface area contributed by atoms with Crippen LogP contribution < -0.4 is 11.3 Å². The van der Waals surface area contributed by atoms with Crippen molar-refractivity contribution in [2.75, 3.05) is 0 Å². The van der Waals surface area contributed by atoms with Crippen molar-refractivity contribution in [3.8, 4) is 0 Å². The van der Waals surface area contributed by atoms with Crippen LogP contribution in [0.1, 0.15) is 23.9 Å². The van der Waals surface area contributed by atoms with E-state index in [2.05, 4.69) is 4.98 Å². The van der Waals surface area contributed by atoms with Crippen molar-refractivity contribution in [3.05, 3.63) is 80.6 Å². The maximum Gasteiger partial charge on any atom is 0.283 e. The number of fused-ring (bicyclic) bond motifs is 1. The van der Waals surface area contributed by atoms with E-state index in [0.29, 0.717) is 41.7 Å². The van der Waals surface area contributed by atoms with Gasteiger partial charge in [-0.15, -0.1) is 0 Å². The average molecular weight is 398 g/mol. The van der Waals surface area contributed by atoms with E-state index in [-0.39, 0.29) is 10.6 Å². The third kappa shape index (κ3) is 4.07. The summed E-state index contributed by atoms with van der Waals surface area (Å²) in [5.41, 5.74) is 6.78. The number of aryl methyl sites for hydroxylation is 2. The molecule has 1 aromatic heterocycles. The van der Waals surface area contributed by atoms with Crippen LogP contribution in [0.2, 0.25) is 5.02 Å². The van der Waals surface area contributed by atoms with Gasteiger partial charge in [-0.3, -0.25) is 14.2 Å². The fourth-order valence-corrected chi connectivity index (χ4v) is 3.23. The van der Waals surface area contributed by atoms with E-state index in [1.54, 1.807) is 10.6 Å². The SMILES string of the molecule is CCc1nc2cc(Cl)c(C=C(O)C(N)=O)cc2c(=O)n1CCc1ccccc1. The molecular weight excluding hydrogens is 378 g/mol. The number of aromatic nitrogens is 2. The number of aliphatic hydroxyl groups is 1. The van der Waals surface area contributed by atoms with Gasteiger partial charge in [0.15, 0.2) is 5.76 Å². The highest BCUT2D eigenvalue weighted by atomic mass is 35.5.